The van der Waals surface area contributed by atoms with E-state index < -0.39 is 0 Å². The summed E-state index contributed by atoms with van der Waals surface area (Å²) in [5.41, 5.74) is 2.58. The van der Waals surface area contributed by atoms with Crippen LogP contribution in [0.2, 0.25) is 0 Å². The van der Waals surface area contributed by atoms with Crippen LogP contribution in [-0.4, -0.2) is 4.57 Å². The van der Waals surface area contributed by atoms with E-state index in [4.69, 9.17) is 0 Å². The topological polar surface area (TPSA) is 4.93 Å². The van der Waals surface area contributed by atoms with Crippen LogP contribution < -0.4 is 0 Å². The summed E-state index contributed by atoms with van der Waals surface area (Å²) in [6, 6.07) is 17.1. The lowest BCUT2D eigenvalue weighted by atomic mass is 10.0. The van der Waals surface area contributed by atoms with Gasteiger partial charge in [-0.3, -0.25) is 0 Å². The zero-order chi connectivity index (χ0) is 11.0. The molecule has 0 saturated carbocycles. The molecule has 1 heterocycles. The number of benzene rings is 2. The Kier molecular flexibility index (Phi) is 2.03. The second-order valence-electron chi connectivity index (χ2n) is 4.09. The molecule has 0 fully saturated rings. The van der Waals surface area contributed by atoms with Crippen LogP contribution in [0.4, 0.5) is 0 Å². The van der Waals surface area contributed by atoms with E-state index in [0.717, 1.165) is 0 Å². The Morgan fingerprint density at radius 2 is 1.69 bits per heavy atom. The number of hydrogen-bond donors (Lipinski definition) is 0. The monoisotopic (exact) mass is 207 g/mol. The summed E-state index contributed by atoms with van der Waals surface area (Å²) in [6.07, 6.45) is 4.23. The fourth-order valence-electron chi connectivity index (χ4n) is 2.14. The summed E-state index contributed by atoms with van der Waals surface area (Å²) < 4.78 is 2.08. The molecule has 0 N–H and O–H groups in total. The molecule has 3 aromatic rings. The molecule has 2 aromatic carbocycles. The van der Waals surface area contributed by atoms with Gasteiger partial charge in [0.1, 0.15) is 0 Å². The first-order valence-corrected chi connectivity index (χ1v) is 5.45. The normalized spacial score (nSPS) is 10.8. The molecule has 78 valence electrons. The van der Waals surface area contributed by atoms with Crippen molar-refractivity contribution in [3.8, 4) is 11.1 Å². The Morgan fingerprint density at radius 3 is 2.50 bits per heavy atom. The van der Waals surface area contributed by atoms with Gasteiger partial charge in [-0.25, -0.2) is 0 Å². The van der Waals surface area contributed by atoms with Crippen LogP contribution >= 0.6 is 0 Å². The van der Waals surface area contributed by atoms with Gasteiger partial charge in [0, 0.05) is 19.4 Å². The van der Waals surface area contributed by atoms with Gasteiger partial charge in [0.2, 0.25) is 0 Å². The van der Waals surface area contributed by atoms with Crippen LogP contribution in [0.3, 0.4) is 0 Å². The van der Waals surface area contributed by atoms with Crippen molar-refractivity contribution in [3.63, 3.8) is 0 Å². The van der Waals surface area contributed by atoms with E-state index in [0.29, 0.717) is 0 Å². The maximum absolute atomic E-state index is 2.18. The smallest absolute Gasteiger partial charge is 0.0111 e. The maximum Gasteiger partial charge on any atom is 0.0111 e. The zero-order valence-corrected chi connectivity index (χ0v) is 9.22. The van der Waals surface area contributed by atoms with E-state index in [1.807, 2.05) is 0 Å². The van der Waals surface area contributed by atoms with Gasteiger partial charge >= 0.3 is 0 Å². The number of hydrogen-bond acceptors (Lipinski definition) is 0. The average Bonchev–Trinajstić information content (AvgIpc) is 2.75. The van der Waals surface area contributed by atoms with Crippen molar-refractivity contribution in [1.82, 2.24) is 4.57 Å². The van der Waals surface area contributed by atoms with Gasteiger partial charge in [-0.15, -0.1) is 0 Å². The minimum Gasteiger partial charge on any atom is -0.357 e. The first-order chi connectivity index (χ1) is 7.84. The fraction of sp³-hybridized carbons (Fsp3) is 0.0667. The van der Waals surface area contributed by atoms with Crippen LogP contribution in [-0.2, 0) is 7.05 Å². The zero-order valence-electron chi connectivity index (χ0n) is 9.22. The highest BCUT2D eigenvalue weighted by atomic mass is 14.9. The molecule has 0 radical (unpaired) electrons. The second kappa shape index (κ2) is 3.53. The first-order valence-electron chi connectivity index (χ1n) is 5.45. The molecule has 0 unspecified atom stereocenters. The lowest BCUT2D eigenvalue weighted by Crippen LogP contribution is -1.80. The van der Waals surface area contributed by atoms with Gasteiger partial charge in [0.15, 0.2) is 0 Å². The largest absolute Gasteiger partial charge is 0.357 e. The maximum atomic E-state index is 2.18. The molecule has 3 rings (SSSR count). The van der Waals surface area contributed by atoms with Crippen molar-refractivity contribution in [1.29, 1.82) is 0 Å². The van der Waals surface area contributed by atoms with Gasteiger partial charge in [0.05, 0.1) is 0 Å². The van der Waals surface area contributed by atoms with E-state index in [1.165, 1.54) is 21.9 Å². The number of aromatic nitrogens is 1. The molecule has 0 amide bonds. The van der Waals surface area contributed by atoms with Gasteiger partial charge < -0.3 is 4.57 Å². The lowest BCUT2D eigenvalue weighted by molar-refractivity contribution is 0.929. The Bertz CT molecular complexity index is 629. The predicted molar refractivity (Wildman–Crippen MR) is 68.4 cm³/mol. The molecule has 0 atom stereocenters. The summed E-state index contributed by atoms with van der Waals surface area (Å²) in [5, 5.41) is 2.61. The highest BCUT2D eigenvalue weighted by Crippen LogP contribution is 2.28. The van der Waals surface area contributed by atoms with E-state index in [1.54, 1.807) is 0 Å². The third kappa shape index (κ3) is 1.41. The highest BCUT2D eigenvalue weighted by molar-refractivity contribution is 5.96. The van der Waals surface area contributed by atoms with Crippen LogP contribution in [0.1, 0.15) is 0 Å². The molecule has 0 bridgehead atoms. The average molecular weight is 207 g/mol. The van der Waals surface area contributed by atoms with Crippen molar-refractivity contribution in [2.24, 2.45) is 7.05 Å². The molecule has 0 spiro atoms. The van der Waals surface area contributed by atoms with Crippen LogP contribution in [0, 0.1) is 0 Å². The fourth-order valence-corrected chi connectivity index (χ4v) is 2.14. The molecular formula is C15H13N. The molecule has 0 saturated heterocycles. The standard InChI is InChI=1S/C15H13N/c1-16-10-9-13(11-16)15-8-4-6-12-5-2-3-7-14(12)15/h2-11H,1H3. The van der Waals surface area contributed by atoms with Crippen molar-refractivity contribution >= 4 is 10.8 Å². The molecule has 0 aliphatic carbocycles. The van der Waals surface area contributed by atoms with Gasteiger partial charge in [-0.2, -0.15) is 0 Å². The highest BCUT2D eigenvalue weighted by Gasteiger charge is 2.03. The minimum atomic E-state index is 1.28. The van der Waals surface area contributed by atoms with Gasteiger partial charge in [-0.1, -0.05) is 42.5 Å². The SMILES string of the molecule is Cn1ccc(-c2cccc3ccccc23)c1. The molecular weight excluding hydrogens is 194 g/mol. The van der Waals surface area contributed by atoms with E-state index in [9.17, 15) is 0 Å². The van der Waals surface area contributed by atoms with Crippen molar-refractivity contribution in [3.05, 3.63) is 60.9 Å². The summed E-state index contributed by atoms with van der Waals surface area (Å²) in [6.45, 7) is 0. The van der Waals surface area contributed by atoms with E-state index in [2.05, 4.69) is 72.5 Å². The number of aryl methyl sites for hydroxylation is 1. The van der Waals surface area contributed by atoms with Crippen LogP contribution in [0.5, 0.6) is 0 Å². The molecule has 1 aromatic heterocycles. The third-order valence-corrected chi connectivity index (χ3v) is 2.93. The van der Waals surface area contributed by atoms with Crippen molar-refractivity contribution in [2.75, 3.05) is 0 Å². The lowest BCUT2D eigenvalue weighted by Gasteiger charge is -2.04. The second-order valence-corrected chi connectivity index (χ2v) is 4.09. The summed E-state index contributed by atoms with van der Waals surface area (Å²) >= 11 is 0. The Balaban J connectivity index is 2.31. The van der Waals surface area contributed by atoms with Crippen molar-refractivity contribution in [2.45, 2.75) is 0 Å². The number of rotatable bonds is 1. The quantitative estimate of drug-likeness (QED) is 0.571. The van der Waals surface area contributed by atoms with Gasteiger partial charge in [0.25, 0.3) is 0 Å². The van der Waals surface area contributed by atoms with E-state index in [-0.39, 0.29) is 0 Å². The summed E-state index contributed by atoms with van der Waals surface area (Å²) in [7, 11) is 2.05. The molecule has 0 aliphatic rings. The predicted octanol–water partition coefficient (Wildman–Crippen LogP) is 3.85. The Labute approximate surface area is 95.0 Å². The van der Waals surface area contributed by atoms with Crippen LogP contribution in [0.25, 0.3) is 21.9 Å². The number of fused-ring (bicyclic) bond motifs is 1. The van der Waals surface area contributed by atoms with Crippen LogP contribution in [0.15, 0.2) is 60.9 Å². The van der Waals surface area contributed by atoms with Gasteiger partial charge in [-0.05, 0) is 28.0 Å². The molecule has 0 aliphatic heterocycles. The molecule has 1 nitrogen and oxygen atoms in total. The van der Waals surface area contributed by atoms with E-state index >= 15 is 0 Å². The molecule has 16 heavy (non-hydrogen) atoms. The Morgan fingerprint density at radius 1 is 0.875 bits per heavy atom. The molecule has 1 heteroatoms. The first kappa shape index (κ1) is 9.22. The third-order valence-electron chi connectivity index (χ3n) is 2.93. The Hall–Kier alpha value is -2.02. The van der Waals surface area contributed by atoms with Crippen molar-refractivity contribution < 1.29 is 0 Å². The minimum absolute atomic E-state index is 1.28. The summed E-state index contributed by atoms with van der Waals surface area (Å²) in [5.74, 6) is 0. The summed E-state index contributed by atoms with van der Waals surface area (Å²) in [4.78, 5) is 0. The number of nitrogens with zero attached hydrogens (tertiary/aromatic N) is 1.